The third-order valence-electron chi connectivity index (χ3n) is 2.43. The Labute approximate surface area is 134 Å². The lowest BCUT2D eigenvalue weighted by molar-refractivity contribution is -0.0329. The Morgan fingerprint density at radius 3 is 2.71 bits per heavy atom. The predicted molar refractivity (Wildman–Crippen MR) is 81.7 cm³/mol. The molecule has 0 unspecified atom stereocenters. The lowest BCUT2D eigenvalue weighted by Gasteiger charge is -2.11. The number of rotatable bonds is 9. The molecule has 0 amide bonds. The highest BCUT2D eigenvalue weighted by Gasteiger charge is 2.27. The van der Waals surface area contributed by atoms with E-state index in [1.165, 1.54) is 0 Å². The summed E-state index contributed by atoms with van der Waals surface area (Å²) in [6.07, 6.45) is 0. The molecule has 0 atom stereocenters. The van der Waals surface area contributed by atoms with Crippen molar-refractivity contribution in [2.75, 3.05) is 32.6 Å². The Bertz CT molecular complexity index is 432. The minimum atomic E-state index is -4.21. The van der Waals surface area contributed by atoms with E-state index in [0.717, 1.165) is 16.6 Å². The van der Waals surface area contributed by atoms with Crippen LogP contribution in [0.25, 0.3) is 0 Å². The van der Waals surface area contributed by atoms with Crippen LogP contribution in [0.1, 0.15) is 5.56 Å². The normalized spacial score (nSPS) is 11.7. The second-order valence-corrected chi connectivity index (χ2v) is 6.08. The van der Waals surface area contributed by atoms with Crippen LogP contribution in [0.4, 0.5) is 13.2 Å². The number of hydrogen-bond donors (Lipinski definition) is 1. The molecule has 21 heavy (non-hydrogen) atoms. The van der Waals surface area contributed by atoms with Gasteiger partial charge < -0.3 is 14.8 Å². The van der Waals surface area contributed by atoms with Crippen molar-refractivity contribution in [3.63, 3.8) is 0 Å². The van der Waals surface area contributed by atoms with Gasteiger partial charge in [0.1, 0.15) is 5.75 Å². The van der Waals surface area contributed by atoms with Gasteiger partial charge >= 0.3 is 5.51 Å². The highest BCUT2D eigenvalue weighted by atomic mass is 79.9. The smallest absolute Gasteiger partial charge is 0.441 e. The van der Waals surface area contributed by atoms with Crippen LogP contribution in [0, 0.1) is 0 Å². The number of alkyl halides is 3. The largest absolute Gasteiger partial charge is 0.493 e. The lowest BCUT2D eigenvalue weighted by Crippen LogP contribution is -2.18. The average molecular weight is 388 g/mol. The molecule has 0 fully saturated rings. The van der Waals surface area contributed by atoms with Crippen LogP contribution >= 0.6 is 27.7 Å². The topological polar surface area (TPSA) is 30.5 Å². The van der Waals surface area contributed by atoms with Crippen LogP contribution in [0.3, 0.4) is 0 Å². The number of halogens is 4. The fourth-order valence-corrected chi connectivity index (χ4v) is 2.28. The molecule has 8 heteroatoms. The van der Waals surface area contributed by atoms with Gasteiger partial charge in [0.25, 0.3) is 0 Å². The van der Waals surface area contributed by atoms with Gasteiger partial charge in [-0.05, 0) is 35.5 Å². The van der Waals surface area contributed by atoms with Gasteiger partial charge in [-0.15, -0.1) is 0 Å². The number of hydrogen-bond acceptors (Lipinski definition) is 4. The Morgan fingerprint density at radius 1 is 1.29 bits per heavy atom. The summed E-state index contributed by atoms with van der Waals surface area (Å²) in [5.41, 5.74) is -3.23. The molecule has 0 aliphatic rings. The average Bonchev–Trinajstić information content (AvgIpc) is 2.41. The van der Waals surface area contributed by atoms with Gasteiger partial charge in [0.15, 0.2) is 0 Å². The molecule has 0 saturated carbocycles. The number of methoxy groups -OCH3 is 1. The van der Waals surface area contributed by atoms with Crippen LogP contribution in [-0.4, -0.2) is 38.1 Å². The molecule has 120 valence electrons. The summed E-state index contributed by atoms with van der Waals surface area (Å²) in [7, 11) is 1.63. The summed E-state index contributed by atoms with van der Waals surface area (Å²) in [4.78, 5) is 0. The third-order valence-corrected chi connectivity index (χ3v) is 3.91. The van der Waals surface area contributed by atoms with Crippen molar-refractivity contribution in [2.24, 2.45) is 0 Å². The maximum absolute atomic E-state index is 12.0. The first-order valence-electron chi connectivity index (χ1n) is 6.24. The van der Waals surface area contributed by atoms with Gasteiger partial charge in [0, 0.05) is 30.4 Å². The highest BCUT2D eigenvalue weighted by Crippen LogP contribution is 2.30. The molecule has 0 saturated heterocycles. The molecule has 3 nitrogen and oxygen atoms in total. The zero-order valence-electron chi connectivity index (χ0n) is 11.5. The van der Waals surface area contributed by atoms with Crippen molar-refractivity contribution in [1.29, 1.82) is 0 Å². The van der Waals surface area contributed by atoms with Crippen molar-refractivity contribution >= 4 is 27.7 Å². The minimum absolute atomic E-state index is 0.0162. The summed E-state index contributed by atoms with van der Waals surface area (Å²) >= 11 is 3.35. The van der Waals surface area contributed by atoms with Crippen molar-refractivity contribution in [2.45, 2.75) is 12.1 Å². The van der Waals surface area contributed by atoms with Crippen LogP contribution in [0.2, 0.25) is 0 Å². The fourth-order valence-electron chi connectivity index (χ4n) is 1.49. The lowest BCUT2D eigenvalue weighted by atomic mass is 10.2. The first-order valence-corrected chi connectivity index (χ1v) is 8.02. The fraction of sp³-hybridized carbons (Fsp3) is 0.538. The first kappa shape index (κ1) is 18.6. The number of nitrogens with one attached hydrogen (secondary N) is 1. The van der Waals surface area contributed by atoms with Gasteiger partial charge in [-0.1, -0.05) is 15.9 Å². The Balaban J connectivity index is 2.41. The standard InChI is InChI=1S/C13H17BrF3NO2S/c1-19-5-4-18-9-10-8-11(2-3-12(10)14)20-6-7-21-13(15,16)17/h2-3,8,18H,4-7,9H2,1H3. The summed E-state index contributed by atoms with van der Waals surface area (Å²) < 4.78 is 47.1. The molecule has 1 aromatic carbocycles. The predicted octanol–water partition coefficient (Wildman–Crippen LogP) is 3.82. The number of ether oxygens (including phenoxy) is 2. The van der Waals surface area contributed by atoms with Crippen molar-refractivity contribution in [3.8, 4) is 5.75 Å². The summed E-state index contributed by atoms with van der Waals surface area (Å²) in [5.74, 6) is 0.436. The highest BCUT2D eigenvalue weighted by molar-refractivity contribution is 9.10. The van der Waals surface area contributed by atoms with E-state index < -0.39 is 5.51 Å². The molecule has 0 heterocycles. The van der Waals surface area contributed by atoms with Crippen LogP contribution < -0.4 is 10.1 Å². The molecule has 1 rings (SSSR count). The SMILES string of the molecule is COCCNCc1cc(OCCSC(F)(F)F)ccc1Br. The van der Waals surface area contributed by atoms with E-state index in [-0.39, 0.29) is 24.1 Å². The maximum Gasteiger partial charge on any atom is 0.441 e. The Morgan fingerprint density at radius 2 is 2.05 bits per heavy atom. The second-order valence-electron chi connectivity index (χ2n) is 4.07. The van der Waals surface area contributed by atoms with Crippen LogP contribution in [0.5, 0.6) is 5.75 Å². The van der Waals surface area contributed by atoms with Crippen LogP contribution in [-0.2, 0) is 11.3 Å². The Hall–Kier alpha value is -0.440. The molecule has 1 aromatic rings. The van der Waals surface area contributed by atoms with E-state index in [2.05, 4.69) is 21.2 Å². The first-order chi connectivity index (χ1) is 9.92. The third kappa shape index (κ3) is 8.55. The Kier molecular flexibility index (Phi) is 8.46. The van der Waals surface area contributed by atoms with Gasteiger partial charge in [0.2, 0.25) is 0 Å². The van der Waals surface area contributed by atoms with Crippen LogP contribution in [0.15, 0.2) is 22.7 Å². The summed E-state index contributed by atoms with van der Waals surface area (Å²) in [6.45, 7) is 1.97. The summed E-state index contributed by atoms with van der Waals surface area (Å²) in [6, 6.07) is 5.35. The quantitative estimate of drug-likeness (QED) is 0.652. The zero-order valence-corrected chi connectivity index (χ0v) is 13.9. The van der Waals surface area contributed by atoms with Crippen molar-refractivity contribution in [1.82, 2.24) is 5.32 Å². The molecule has 0 aliphatic carbocycles. The molecular weight excluding hydrogens is 371 g/mol. The maximum atomic E-state index is 12.0. The van der Waals surface area contributed by atoms with E-state index in [0.29, 0.717) is 18.9 Å². The van der Waals surface area contributed by atoms with E-state index in [4.69, 9.17) is 9.47 Å². The minimum Gasteiger partial charge on any atom is -0.493 e. The zero-order chi connectivity index (χ0) is 15.7. The van der Waals surface area contributed by atoms with Crippen molar-refractivity contribution < 1.29 is 22.6 Å². The molecule has 0 radical (unpaired) electrons. The van der Waals surface area contributed by atoms with E-state index in [1.807, 2.05) is 12.1 Å². The van der Waals surface area contributed by atoms with Gasteiger partial charge in [-0.3, -0.25) is 0 Å². The monoisotopic (exact) mass is 387 g/mol. The molecule has 0 spiro atoms. The molecular formula is C13H17BrF3NO2S. The van der Waals surface area contributed by atoms with E-state index in [9.17, 15) is 13.2 Å². The van der Waals surface area contributed by atoms with Gasteiger partial charge in [0.05, 0.1) is 13.2 Å². The van der Waals surface area contributed by atoms with Gasteiger partial charge in [-0.25, -0.2) is 0 Å². The van der Waals surface area contributed by atoms with Crippen molar-refractivity contribution in [3.05, 3.63) is 28.2 Å². The molecule has 0 aliphatic heterocycles. The molecule has 0 aromatic heterocycles. The second kappa shape index (κ2) is 9.55. The molecule has 1 N–H and O–H groups in total. The number of benzene rings is 1. The number of thioether (sulfide) groups is 1. The van der Waals surface area contributed by atoms with E-state index in [1.54, 1.807) is 13.2 Å². The molecule has 0 bridgehead atoms. The van der Waals surface area contributed by atoms with E-state index >= 15 is 0 Å². The van der Waals surface area contributed by atoms with Gasteiger partial charge in [-0.2, -0.15) is 13.2 Å². The summed E-state index contributed by atoms with van der Waals surface area (Å²) in [5, 5.41) is 3.19.